The van der Waals surface area contributed by atoms with Crippen molar-refractivity contribution in [2.75, 3.05) is 0 Å². The number of aromatic carboxylic acids is 1. The van der Waals surface area contributed by atoms with Crippen LogP contribution in [-0.4, -0.2) is 21.0 Å². The maximum Gasteiger partial charge on any atom is 1.00 e. The molecule has 0 aliphatic heterocycles. The van der Waals surface area contributed by atoms with Gasteiger partial charge in [0, 0.05) is 6.20 Å². The minimum atomic E-state index is -1.05. The molecule has 0 fully saturated rings. The third-order valence-corrected chi connectivity index (χ3v) is 1.00. The zero-order chi connectivity index (χ0) is 7.56. The van der Waals surface area contributed by atoms with Gasteiger partial charge in [0.2, 0.25) is 0 Å². The van der Waals surface area contributed by atoms with Crippen molar-refractivity contribution in [3.63, 3.8) is 0 Å². The second-order valence-corrected chi connectivity index (χ2v) is 1.85. The van der Waals surface area contributed by atoms with Crippen LogP contribution in [-0.2, 0) is 0 Å². The number of carboxylic acid groups (broad SMARTS) is 1. The molecule has 0 amide bonds. The summed E-state index contributed by atoms with van der Waals surface area (Å²) in [6, 6.07) is 0. The summed E-state index contributed by atoms with van der Waals surface area (Å²) < 4.78 is 0. The van der Waals surface area contributed by atoms with E-state index in [1.54, 1.807) is 6.92 Å². The predicted octanol–water partition coefficient (Wildman–Crippen LogP) is -2.40. The summed E-state index contributed by atoms with van der Waals surface area (Å²) in [4.78, 5) is 17.6. The molecule has 1 aromatic rings. The van der Waals surface area contributed by atoms with E-state index in [2.05, 4.69) is 9.97 Å². The van der Waals surface area contributed by atoms with Crippen molar-refractivity contribution in [2.24, 2.45) is 0 Å². The number of hydrogen-bond acceptors (Lipinski definition) is 3. The van der Waals surface area contributed by atoms with Crippen molar-refractivity contribution in [3.05, 3.63) is 23.8 Å². The van der Waals surface area contributed by atoms with E-state index < -0.39 is 5.97 Å². The first-order chi connectivity index (χ1) is 4.70. The van der Waals surface area contributed by atoms with Gasteiger partial charge in [-0.2, -0.15) is 0 Å². The van der Waals surface area contributed by atoms with E-state index in [9.17, 15) is 4.79 Å². The summed E-state index contributed by atoms with van der Waals surface area (Å²) in [7, 11) is 0. The Bertz CT molecular complexity index is 252. The van der Waals surface area contributed by atoms with E-state index in [4.69, 9.17) is 5.11 Å². The van der Waals surface area contributed by atoms with Gasteiger partial charge in [-0.25, -0.2) is 9.78 Å². The van der Waals surface area contributed by atoms with E-state index in [0.29, 0.717) is 5.69 Å². The Morgan fingerprint density at radius 1 is 1.55 bits per heavy atom. The van der Waals surface area contributed by atoms with E-state index in [0.717, 1.165) is 0 Å². The minimum Gasteiger partial charge on any atom is -1.00 e. The van der Waals surface area contributed by atoms with Crippen LogP contribution in [0.3, 0.4) is 0 Å². The molecular weight excluding hydrogens is 171 g/mol. The number of carboxylic acids is 1. The average Bonchev–Trinajstić information content (AvgIpc) is 1.88. The van der Waals surface area contributed by atoms with E-state index in [1.165, 1.54) is 12.4 Å². The molecule has 0 aromatic carbocycles. The van der Waals surface area contributed by atoms with Crippen molar-refractivity contribution in [2.45, 2.75) is 6.92 Å². The molecule has 0 bridgehead atoms. The summed E-state index contributed by atoms with van der Waals surface area (Å²) in [5, 5.41) is 8.37. The van der Waals surface area contributed by atoms with Gasteiger partial charge in [0.05, 0.1) is 11.9 Å². The Morgan fingerprint density at radius 3 is 2.55 bits per heavy atom. The second-order valence-electron chi connectivity index (χ2n) is 1.85. The molecule has 0 saturated carbocycles. The molecule has 4 nitrogen and oxygen atoms in total. The van der Waals surface area contributed by atoms with Crippen LogP contribution in [0.15, 0.2) is 12.4 Å². The Morgan fingerprint density at radius 2 is 2.18 bits per heavy atom. The fraction of sp³-hybridized carbons (Fsp3) is 0.167. The zero-order valence-electron chi connectivity index (χ0n) is 7.40. The zero-order valence-corrected chi connectivity index (χ0v) is 9.53. The van der Waals surface area contributed by atoms with Crippen LogP contribution in [0, 0.1) is 6.92 Å². The van der Waals surface area contributed by atoms with Gasteiger partial charge in [0.25, 0.3) is 0 Å². The van der Waals surface area contributed by atoms with Crippen LogP contribution < -0.4 is 51.4 Å². The van der Waals surface area contributed by atoms with Gasteiger partial charge in [0.1, 0.15) is 0 Å². The van der Waals surface area contributed by atoms with Crippen LogP contribution in [0.2, 0.25) is 0 Å². The molecule has 0 unspecified atom stereocenters. The molecule has 0 spiro atoms. The van der Waals surface area contributed by atoms with Crippen molar-refractivity contribution in [3.8, 4) is 0 Å². The average molecular weight is 178 g/mol. The summed E-state index contributed by atoms with van der Waals surface area (Å²) in [6.07, 6.45) is 2.65. The number of aromatic nitrogens is 2. The van der Waals surface area contributed by atoms with Gasteiger partial charge >= 0.3 is 57.4 Å². The summed E-state index contributed by atoms with van der Waals surface area (Å²) >= 11 is 0. The smallest absolute Gasteiger partial charge is 1.00 e. The largest absolute Gasteiger partial charge is 1.00 e. The molecule has 11 heavy (non-hydrogen) atoms. The van der Waals surface area contributed by atoms with Crippen LogP contribution in [0.4, 0.5) is 0 Å². The van der Waals surface area contributed by atoms with Crippen LogP contribution in [0.1, 0.15) is 17.6 Å². The SMILES string of the molecule is Cc1cnc(C(=O)O)cn1.[H-].[K+]. The molecule has 1 N–H and O–H groups in total. The number of rotatable bonds is 1. The molecule has 1 rings (SSSR count). The van der Waals surface area contributed by atoms with Gasteiger partial charge < -0.3 is 6.53 Å². The number of hydrogen-bond donors (Lipinski definition) is 1. The molecule has 1 heterocycles. The second kappa shape index (κ2) is 4.94. The summed E-state index contributed by atoms with van der Waals surface area (Å²) in [5.74, 6) is -1.05. The fourth-order valence-electron chi connectivity index (χ4n) is 0.503. The maximum atomic E-state index is 10.2. The Balaban J connectivity index is 0. The van der Waals surface area contributed by atoms with Crippen LogP contribution >= 0.6 is 0 Å². The Kier molecular flexibility index (Phi) is 5.03. The molecular formula is C6H7KN2O2. The van der Waals surface area contributed by atoms with Gasteiger partial charge in [0.15, 0.2) is 5.69 Å². The van der Waals surface area contributed by atoms with E-state index in [-0.39, 0.29) is 58.5 Å². The first kappa shape index (κ1) is 11.2. The van der Waals surface area contributed by atoms with Crippen LogP contribution in [0.25, 0.3) is 0 Å². The van der Waals surface area contributed by atoms with Crippen molar-refractivity contribution >= 4 is 5.97 Å². The maximum absolute atomic E-state index is 10.2. The topological polar surface area (TPSA) is 63.1 Å². The molecule has 0 atom stereocenters. The quantitative estimate of drug-likeness (QED) is 0.487. The molecule has 0 radical (unpaired) electrons. The van der Waals surface area contributed by atoms with Gasteiger partial charge in [-0.3, -0.25) is 4.98 Å². The monoisotopic (exact) mass is 178 g/mol. The summed E-state index contributed by atoms with van der Waals surface area (Å²) in [6.45, 7) is 1.75. The minimum absolute atomic E-state index is 0. The van der Waals surface area contributed by atoms with Crippen molar-refractivity contribution < 1.29 is 62.7 Å². The first-order valence-corrected chi connectivity index (χ1v) is 2.72. The van der Waals surface area contributed by atoms with E-state index >= 15 is 0 Å². The number of aryl methyl sites for hydroxylation is 1. The van der Waals surface area contributed by atoms with Gasteiger partial charge in [-0.15, -0.1) is 0 Å². The molecule has 1 aromatic heterocycles. The molecule has 0 saturated heterocycles. The number of carbonyl (C=O) groups is 1. The van der Waals surface area contributed by atoms with Crippen LogP contribution in [0.5, 0.6) is 0 Å². The predicted molar refractivity (Wildman–Crippen MR) is 34.8 cm³/mol. The fourth-order valence-corrected chi connectivity index (χ4v) is 0.503. The first-order valence-electron chi connectivity index (χ1n) is 2.72. The van der Waals surface area contributed by atoms with Gasteiger partial charge in [-0.1, -0.05) is 0 Å². The Hall–Kier alpha value is 0.186. The number of nitrogens with zero attached hydrogens (tertiary/aromatic N) is 2. The van der Waals surface area contributed by atoms with Gasteiger partial charge in [-0.05, 0) is 6.92 Å². The molecule has 0 aliphatic rings. The Labute approximate surface area is 108 Å². The van der Waals surface area contributed by atoms with Crippen molar-refractivity contribution in [1.29, 1.82) is 0 Å². The standard InChI is InChI=1S/C6H6N2O2.K.H/c1-4-2-8-5(3-7-4)6(9)10;;/h2-3H,1H3,(H,9,10);;/q;+1;-1. The third kappa shape index (κ3) is 3.39. The van der Waals surface area contributed by atoms with E-state index in [1.807, 2.05) is 0 Å². The normalized spacial score (nSPS) is 8.45. The summed E-state index contributed by atoms with van der Waals surface area (Å²) in [5.41, 5.74) is 0.690. The van der Waals surface area contributed by atoms with Crippen molar-refractivity contribution in [1.82, 2.24) is 9.97 Å². The molecule has 5 heteroatoms. The third-order valence-electron chi connectivity index (χ3n) is 1.00. The molecule has 54 valence electrons. The molecule has 0 aliphatic carbocycles.